The third-order valence-electron chi connectivity index (χ3n) is 4.19. The number of carbonyl (C=O) groups is 1. The SMILES string of the molecule is O=C(CCSCCc1ccccn1)NC1CC(c2cccc(F)c2)NN1. The number of benzene rings is 1. The maximum atomic E-state index is 13.3. The molecule has 0 saturated carbocycles. The molecule has 3 N–H and O–H groups in total. The molecule has 0 bridgehead atoms. The lowest BCUT2D eigenvalue weighted by atomic mass is 10.0. The first-order chi connectivity index (χ1) is 12.7. The van der Waals surface area contributed by atoms with Gasteiger partial charge in [-0.25, -0.2) is 15.2 Å². The third kappa shape index (κ3) is 5.79. The Kier molecular flexibility index (Phi) is 6.99. The minimum Gasteiger partial charge on any atom is -0.339 e. The molecule has 3 rings (SSSR count). The topological polar surface area (TPSA) is 66.0 Å². The summed E-state index contributed by atoms with van der Waals surface area (Å²) >= 11 is 1.75. The van der Waals surface area contributed by atoms with E-state index < -0.39 is 0 Å². The van der Waals surface area contributed by atoms with Crippen molar-refractivity contribution in [3.05, 3.63) is 65.7 Å². The van der Waals surface area contributed by atoms with Gasteiger partial charge in [-0.3, -0.25) is 9.78 Å². The number of pyridine rings is 1. The Labute approximate surface area is 157 Å². The smallest absolute Gasteiger partial charge is 0.222 e. The summed E-state index contributed by atoms with van der Waals surface area (Å²) in [7, 11) is 0. The number of aromatic nitrogens is 1. The molecule has 1 aliphatic heterocycles. The first-order valence-electron chi connectivity index (χ1n) is 8.74. The molecule has 2 unspecified atom stereocenters. The molecule has 5 nitrogen and oxygen atoms in total. The number of hydrogen-bond donors (Lipinski definition) is 3. The molecule has 138 valence electrons. The van der Waals surface area contributed by atoms with Crippen molar-refractivity contribution >= 4 is 17.7 Å². The Bertz CT molecular complexity index is 716. The molecule has 0 spiro atoms. The summed E-state index contributed by atoms with van der Waals surface area (Å²) < 4.78 is 13.3. The highest BCUT2D eigenvalue weighted by molar-refractivity contribution is 7.99. The Morgan fingerprint density at radius 1 is 1.23 bits per heavy atom. The van der Waals surface area contributed by atoms with Crippen molar-refractivity contribution in [3.8, 4) is 0 Å². The number of thioether (sulfide) groups is 1. The summed E-state index contributed by atoms with van der Waals surface area (Å²) in [5.41, 5.74) is 8.12. The molecule has 0 radical (unpaired) electrons. The average molecular weight is 374 g/mol. The molecule has 0 aliphatic carbocycles. The van der Waals surface area contributed by atoms with Crippen molar-refractivity contribution in [1.82, 2.24) is 21.2 Å². The Balaban J connectivity index is 1.31. The van der Waals surface area contributed by atoms with E-state index in [-0.39, 0.29) is 23.9 Å². The summed E-state index contributed by atoms with van der Waals surface area (Å²) in [6, 6.07) is 12.4. The molecule has 1 aromatic heterocycles. The number of nitrogens with one attached hydrogen (secondary N) is 3. The van der Waals surface area contributed by atoms with E-state index in [0.29, 0.717) is 12.8 Å². The maximum Gasteiger partial charge on any atom is 0.222 e. The molecule has 2 heterocycles. The summed E-state index contributed by atoms with van der Waals surface area (Å²) in [5, 5.41) is 2.97. The lowest BCUT2D eigenvalue weighted by Gasteiger charge is -2.12. The predicted octanol–water partition coefficient (Wildman–Crippen LogP) is 2.57. The molecule has 1 saturated heterocycles. The molecule has 1 aliphatic rings. The van der Waals surface area contributed by atoms with Crippen LogP contribution in [0.1, 0.15) is 30.1 Å². The lowest BCUT2D eigenvalue weighted by Crippen LogP contribution is -2.44. The van der Waals surface area contributed by atoms with Gasteiger partial charge in [-0.1, -0.05) is 18.2 Å². The highest BCUT2D eigenvalue weighted by Gasteiger charge is 2.26. The van der Waals surface area contributed by atoms with Crippen LogP contribution in [0.2, 0.25) is 0 Å². The summed E-state index contributed by atoms with van der Waals surface area (Å²) in [5.74, 6) is 1.51. The van der Waals surface area contributed by atoms with E-state index in [2.05, 4.69) is 21.2 Å². The average Bonchev–Trinajstić information content (AvgIpc) is 3.11. The summed E-state index contributed by atoms with van der Waals surface area (Å²) in [6.45, 7) is 0. The van der Waals surface area contributed by atoms with Crippen LogP contribution in [-0.2, 0) is 11.2 Å². The molecular formula is C19H23FN4OS. The van der Waals surface area contributed by atoms with Gasteiger partial charge in [-0.15, -0.1) is 0 Å². The molecule has 26 heavy (non-hydrogen) atoms. The Morgan fingerprint density at radius 3 is 2.96 bits per heavy atom. The highest BCUT2D eigenvalue weighted by Crippen LogP contribution is 2.21. The number of halogens is 1. The number of carbonyl (C=O) groups excluding carboxylic acids is 1. The fourth-order valence-corrected chi connectivity index (χ4v) is 3.74. The minimum atomic E-state index is -0.250. The van der Waals surface area contributed by atoms with E-state index in [9.17, 15) is 9.18 Å². The first kappa shape index (κ1) is 18.8. The van der Waals surface area contributed by atoms with Gasteiger partial charge in [0.05, 0.1) is 6.17 Å². The second kappa shape index (κ2) is 9.66. The van der Waals surface area contributed by atoms with Crippen LogP contribution >= 0.6 is 11.8 Å². The molecule has 2 atom stereocenters. The fraction of sp³-hybridized carbons (Fsp3) is 0.368. The van der Waals surface area contributed by atoms with Crippen molar-refractivity contribution in [2.75, 3.05) is 11.5 Å². The van der Waals surface area contributed by atoms with Gasteiger partial charge >= 0.3 is 0 Å². The summed E-state index contributed by atoms with van der Waals surface area (Å²) in [6.07, 6.45) is 3.73. The zero-order valence-electron chi connectivity index (χ0n) is 14.5. The van der Waals surface area contributed by atoms with Gasteiger partial charge in [0.1, 0.15) is 5.82 Å². The van der Waals surface area contributed by atoms with E-state index in [1.165, 1.54) is 12.1 Å². The van der Waals surface area contributed by atoms with Gasteiger partial charge in [0.15, 0.2) is 0 Å². The van der Waals surface area contributed by atoms with Crippen molar-refractivity contribution in [2.45, 2.75) is 31.5 Å². The molecular weight excluding hydrogens is 351 g/mol. The molecule has 1 fully saturated rings. The van der Waals surface area contributed by atoms with E-state index in [0.717, 1.165) is 29.2 Å². The van der Waals surface area contributed by atoms with Gasteiger partial charge in [0.2, 0.25) is 5.91 Å². The van der Waals surface area contributed by atoms with E-state index in [1.54, 1.807) is 24.0 Å². The van der Waals surface area contributed by atoms with E-state index >= 15 is 0 Å². The zero-order chi connectivity index (χ0) is 18.2. The molecule has 7 heteroatoms. The van der Waals surface area contributed by atoms with Crippen LogP contribution in [-0.4, -0.2) is 28.6 Å². The van der Waals surface area contributed by atoms with Gasteiger partial charge in [0, 0.05) is 36.5 Å². The fourth-order valence-electron chi connectivity index (χ4n) is 2.85. The van der Waals surface area contributed by atoms with E-state index in [4.69, 9.17) is 0 Å². The van der Waals surface area contributed by atoms with E-state index in [1.807, 2.05) is 24.3 Å². The second-order valence-electron chi connectivity index (χ2n) is 6.19. The number of hydrazine groups is 1. The van der Waals surface area contributed by atoms with Crippen LogP contribution in [0.15, 0.2) is 48.7 Å². The standard InChI is InChI=1S/C19H23FN4OS/c20-15-5-3-4-14(12-15)17-13-18(24-23-17)22-19(25)8-11-26-10-7-16-6-1-2-9-21-16/h1-6,9,12,17-18,23-24H,7-8,10-11,13H2,(H,22,25). The monoisotopic (exact) mass is 374 g/mol. The molecule has 1 aromatic carbocycles. The first-order valence-corrected chi connectivity index (χ1v) is 9.90. The van der Waals surface area contributed by atoms with Gasteiger partial charge < -0.3 is 5.32 Å². The van der Waals surface area contributed by atoms with Gasteiger partial charge in [0.25, 0.3) is 0 Å². The highest BCUT2D eigenvalue weighted by atomic mass is 32.2. The number of amides is 1. The zero-order valence-corrected chi connectivity index (χ0v) is 15.3. The van der Waals surface area contributed by atoms with Crippen LogP contribution in [0, 0.1) is 5.82 Å². The van der Waals surface area contributed by atoms with Crippen LogP contribution in [0.25, 0.3) is 0 Å². The Hall–Kier alpha value is -1.96. The lowest BCUT2D eigenvalue weighted by molar-refractivity contribution is -0.121. The molecule has 1 amide bonds. The van der Waals surface area contributed by atoms with Crippen molar-refractivity contribution in [2.24, 2.45) is 0 Å². The minimum absolute atomic E-state index is 0.0104. The Morgan fingerprint density at radius 2 is 2.15 bits per heavy atom. The number of rotatable bonds is 8. The third-order valence-corrected chi connectivity index (χ3v) is 5.18. The van der Waals surface area contributed by atoms with Gasteiger partial charge in [-0.05, 0) is 42.0 Å². The number of hydrogen-bond acceptors (Lipinski definition) is 5. The van der Waals surface area contributed by atoms with Crippen LogP contribution < -0.4 is 16.2 Å². The summed E-state index contributed by atoms with van der Waals surface area (Å²) in [4.78, 5) is 16.4. The number of aryl methyl sites for hydroxylation is 1. The second-order valence-corrected chi connectivity index (χ2v) is 7.41. The van der Waals surface area contributed by atoms with Crippen LogP contribution in [0.5, 0.6) is 0 Å². The maximum absolute atomic E-state index is 13.3. The molecule has 2 aromatic rings. The number of nitrogens with zero attached hydrogens (tertiary/aromatic N) is 1. The van der Waals surface area contributed by atoms with Gasteiger partial charge in [-0.2, -0.15) is 11.8 Å². The van der Waals surface area contributed by atoms with Crippen molar-refractivity contribution < 1.29 is 9.18 Å². The van der Waals surface area contributed by atoms with Crippen LogP contribution in [0.3, 0.4) is 0 Å². The predicted molar refractivity (Wildman–Crippen MR) is 102 cm³/mol. The largest absolute Gasteiger partial charge is 0.339 e. The van der Waals surface area contributed by atoms with Crippen molar-refractivity contribution in [3.63, 3.8) is 0 Å². The normalized spacial score (nSPS) is 19.4. The van der Waals surface area contributed by atoms with Crippen LogP contribution in [0.4, 0.5) is 4.39 Å². The quantitative estimate of drug-likeness (QED) is 0.620. The van der Waals surface area contributed by atoms with Crippen molar-refractivity contribution in [1.29, 1.82) is 0 Å².